The summed E-state index contributed by atoms with van der Waals surface area (Å²) in [6.45, 7) is 1.97. The molecule has 2 rings (SSSR count). The Hall–Kier alpha value is -1.42. The molecule has 0 heterocycles. The van der Waals surface area contributed by atoms with Crippen LogP contribution in [0.1, 0.15) is 36.8 Å². The van der Waals surface area contributed by atoms with Crippen LogP contribution < -0.4 is 11.1 Å². The molecule has 4 heteroatoms. The van der Waals surface area contributed by atoms with Gasteiger partial charge in [0.15, 0.2) is 0 Å². The van der Waals surface area contributed by atoms with Gasteiger partial charge in [-0.05, 0) is 31.4 Å². The van der Waals surface area contributed by atoms with Gasteiger partial charge >= 0.3 is 0 Å². The van der Waals surface area contributed by atoms with Gasteiger partial charge in [0, 0.05) is 17.2 Å². The zero-order valence-corrected chi connectivity index (χ0v) is 11.3. The van der Waals surface area contributed by atoms with Gasteiger partial charge in [0.2, 0.25) is 5.91 Å². The maximum absolute atomic E-state index is 12.1. The van der Waals surface area contributed by atoms with E-state index < -0.39 is 0 Å². The quantitative estimate of drug-likeness (QED) is 0.824. The Bertz CT molecular complexity index is 479. The minimum Gasteiger partial charge on any atom is -0.389 e. The molecule has 0 atom stereocenters. The van der Waals surface area contributed by atoms with E-state index in [1.807, 2.05) is 25.1 Å². The van der Waals surface area contributed by atoms with Gasteiger partial charge in [0.25, 0.3) is 0 Å². The number of rotatable bonds is 3. The first-order chi connectivity index (χ1) is 8.58. The number of thiocarbonyl (C=S) groups is 1. The lowest BCUT2D eigenvalue weighted by molar-refractivity contribution is -0.119. The summed E-state index contributed by atoms with van der Waals surface area (Å²) in [6, 6.07) is 5.66. The number of hydrogen-bond acceptors (Lipinski definition) is 2. The van der Waals surface area contributed by atoms with Crippen molar-refractivity contribution < 1.29 is 4.79 Å². The van der Waals surface area contributed by atoms with Crippen LogP contribution in [-0.2, 0) is 4.79 Å². The minimum absolute atomic E-state index is 0.121. The number of hydrogen-bond donors (Lipinski definition) is 2. The average molecular weight is 262 g/mol. The molecule has 3 N–H and O–H groups in total. The second kappa shape index (κ2) is 5.48. The molecule has 18 heavy (non-hydrogen) atoms. The number of anilines is 1. The first-order valence-electron chi connectivity index (χ1n) is 6.29. The summed E-state index contributed by atoms with van der Waals surface area (Å²) in [5.74, 6) is 0.286. The van der Waals surface area contributed by atoms with Crippen LogP contribution in [0.4, 0.5) is 5.69 Å². The van der Waals surface area contributed by atoms with Gasteiger partial charge in [-0.3, -0.25) is 4.79 Å². The number of amides is 1. The molecule has 0 aliphatic heterocycles. The van der Waals surface area contributed by atoms with Crippen molar-refractivity contribution in [2.24, 2.45) is 11.7 Å². The van der Waals surface area contributed by atoms with Crippen LogP contribution in [0.5, 0.6) is 0 Å². The summed E-state index contributed by atoms with van der Waals surface area (Å²) in [7, 11) is 0. The molecule has 1 aliphatic carbocycles. The molecule has 3 nitrogen and oxygen atoms in total. The van der Waals surface area contributed by atoms with Gasteiger partial charge in [0.05, 0.1) is 0 Å². The van der Waals surface area contributed by atoms with Gasteiger partial charge in [-0.15, -0.1) is 0 Å². The highest BCUT2D eigenvalue weighted by Gasteiger charge is 2.22. The zero-order valence-electron chi connectivity index (χ0n) is 10.5. The van der Waals surface area contributed by atoms with Crippen molar-refractivity contribution in [1.29, 1.82) is 0 Å². The normalized spacial score (nSPS) is 15.6. The van der Waals surface area contributed by atoms with E-state index in [1.165, 1.54) is 0 Å². The van der Waals surface area contributed by atoms with Gasteiger partial charge in [-0.1, -0.05) is 37.2 Å². The molecule has 1 aromatic rings. The molecule has 0 bridgehead atoms. The van der Waals surface area contributed by atoms with E-state index in [0.29, 0.717) is 4.99 Å². The van der Waals surface area contributed by atoms with Crippen molar-refractivity contribution in [3.8, 4) is 0 Å². The molecular weight excluding hydrogens is 244 g/mol. The number of nitrogens with one attached hydrogen (secondary N) is 1. The molecule has 0 saturated heterocycles. The molecule has 1 fully saturated rings. The Balaban J connectivity index is 2.14. The minimum atomic E-state index is 0.121. The van der Waals surface area contributed by atoms with Crippen LogP contribution in [-0.4, -0.2) is 10.9 Å². The summed E-state index contributed by atoms with van der Waals surface area (Å²) in [4.78, 5) is 12.4. The number of carbonyl (C=O) groups is 1. The second-order valence-corrected chi connectivity index (χ2v) is 5.30. The molecule has 96 valence electrons. The van der Waals surface area contributed by atoms with Gasteiger partial charge < -0.3 is 11.1 Å². The lowest BCUT2D eigenvalue weighted by Gasteiger charge is -2.13. The Morgan fingerprint density at radius 1 is 1.39 bits per heavy atom. The predicted molar refractivity (Wildman–Crippen MR) is 77.7 cm³/mol. The summed E-state index contributed by atoms with van der Waals surface area (Å²) in [5, 5.41) is 2.99. The summed E-state index contributed by atoms with van der Waals surface area (Å²) < 4.78 is 0. The van der Waals surface area contributed by atoms with E-state index in [9.17, 15) is 4.79 Å². The third-order valence-corrected chi connectivity index (χ3v) is 3.74. The number of nitrogens with two attached hydrogens (primary N) is 1. The largest absolute Gasteiger partial charge is 0.389 e. The van der Waals surface area contributed by atoms with Gasteiger partial charge in [-0.2, -0.15) is 0 Å². The van der Waals surface area contributed by atoms with E-state index in [0.717, 1.165) is 42.5 Å². The Morgan fingerprint density at radius 3 is 2.67 bits per heavy atom. The van der Waals surface area contributed by atoms with Crippen molar-refractivity contribution >= 4 is 28.8 Å². The second-order valence-electron chi connectivity index (χ2n) is 4.86. The monoisotopic (exact) mass is 262 g/mol. The highest BCUT2D eigenvalue weighted by Crippen LogP contribution is 2.27. The van der Waals surface area contributed by atoms with Crippen LogP contribution >= 0.6 is 12.2 Å². The van der Waals surface area contributed by atoms with Crippen molar-refractivity contribution in [3.63, 3.8) is 0 Å². The highest BCUT2D eigenvalue weighted by atomic mass is 32.1. The van der Waals surface area contributed by atoms with Gasteiger partial charge in [-0.25, -0.2) is 0 Å². The van der Waals surface area contributed by atoms with Crippen LogP contribution in [0, 0.1) is 12.8 Å². The van der Waals surface area contributed by atoms with Crippen molar-refractivity contribution in [2.75, 3.05) is 5.32 Å². The van der Waals surface area contributed by atoms with E-state index in [2.05, 4.69) is 5.32 Å². The maximum Gasteiger partial charge on any atom is 0.227 e. The molecule has 0 aromatic heterocycles. The summed E-state index contributed by atoms with van der Waals surface area (Å²) in [6.07, 6.45) is 4.31. The highest BCUT2D eigenvalue weighted by molar-refractivity contribution is 7.80. The first kappa shape index (κ1) is 13.0. The maximum atomic E-state index is 12.1. The smallest absolute Gasteiger partial charge is 0.227 e. The van der Waals surface area contributed by atoms with Gasteiger partial charge in [0.1, 0.15) is 4.99 Å². The number of benzene rings is 1. The third-order valence-electron chi connectivity index (χ3n) is 3.51. The molecule has 1 saturated carbocycles. The molecule has 0 unspecified atom stereocenters. The Morgan fingerprint density at radius 2 is 2.06 bits per heavy atom. The van der Waals surface area contributed by atoms with Crippen LogP contribution in [0.2, 0.25) is 0 Å². The fraction of sp³-hybridized carbons (Fsp3) is 0.429. The fourth-order valence-electron chi connectivity index (χ4n) is 2.33. The number of carbonyl (C=O) groups excluding carboxylic acids is 1. The van der Waals surface area contributed by atoms with Crippen LogP contribution in [0.3, 0.4) is 0 Å². The standard InChI is InChI=1S/C14H18N2OS/c1-9-6-7-11(13(15)18)8-12(9)16-14(17)10-4-2-3-5-10/h6-8,10H,2-5H2,1H3,(H2,15,18)(H,16,17). The molecule has 0 radical (unpaired) electrons. The summed E-state index contributed by atoms with van der Waals surface area (Å²) in [5.41, 5.74) is 8.24. The van der Waals surface area contributed by atoms with Crippen LogP contribution in [0.15, 0.2) is 18.2 Å². The first-order valence-corrected chi connectivity index (χ1v) is 6.70. The lowest BCUT2D eigenvalue weighted by Crippen LogP contribution is -2.21. The summed E-state index contributed by atoms with van der Waals surface area (Å²) >= 11 is 4.95. The number of aryl methyl sites for hydroxylation is 1. The topological polar surface area (TPSA) is 55.1 Å². The van der Waals surface area contributed by atoms with E-state index in [1.54, 1.807) is 0 Å². The molecular formula is C14H18N2OS. The van der Waals surface area contributed by atoms with Crippen molar-refractivity contribution in [1.82, 2.24) is 0 Å². The van der Waals surface area contributed by atoms with E-state index in [-0.39, 0.29) is 11.8 Å². The predicted octanol–water partition coefficient (Wildman–Crippen LogP) is 2.76. The Labute approximate surface area is 113 Å². The Kier molecular flexibility index (Phi) is 3.97. The lowest BCUT2D eigenvalue weighted by atomic mass is 10.1. The third kappa shape index (κ3) is 2.88. The molecule has 1 amide bonds. The molecule has 0 spiro atoms. The van der Waals surface area contributed by atoms with Crippen LogP contribution in [0.25, 0.3) is 0 Å². The average Bonchev–Trinajstić information content (AvgIpc) is 2.85. The van der Waals surface area contributed by atoms with Crippen molar-refractivity contribution in [2.45, 2.75) is 32.6 Å². The molecule has 1 aliphatic rings. The SMILES string of the molecule is Cc1ccc(C(N)=S)cc1NC(=O)C1CCCC1. The zero-order chi connectivity index (χ0) is 13.1. The van der Waals surface area contributed by atoms with E-state index >= 15 is 0 Å². The molecule has 1 aromatic carbocycles. The fourth-order valence-corrected chi connectivity index (χ4v) is 2.46. The van der Waals surface area contributed by atoms with E-state index in [4.69, 9.17) is 18.0 Å². The van der Waals surface area contributed by atoms with Crippen molar-refractivity contribution in [3.05, 3.63) is 29.3 Å².